The molecule has 1 aromatic rings. The number of carbonyl (C=O) groups is 2. The van der Waals surface area contributed by atoms with Crippen molar-refractivity contribution in [3.63, 3.8) is 0 Å². The summed E-state index contributed by atoms with van der Waals surface area (Å²) in [7, 11) is 0. The Kier molecular flexibility index (Phi) is 2.74. The molecule has 13 heavy (non-hydrogen) atoms. The van der Waals surface area contributed by atoms with E-state index in [2.05, 4.69) is 4.98 Å². The number of carboxylic acid groups (broad SMARTS) is 1. The molecule has 0 aliphatic carbocycles. The Morgan fingerprint density at radius 3 is 2.77 bits per heavy atom. The third-order valence-electron chi connectivity index (χ3n) is 1.73. The number of aliphatic carboxylic acids is 1. The van der Waals surface area contributed by atoms with Crippen molar-refractivity contribution < 1.29 is 14.7 Å². The van der Waals surface area contributed by atoms with E-state index in [9.17, 15) is 9.59 Å². The second-order valence-corrected chi connectivity index (χ2v) is 2.71. The summed E-state index contributed by atoms with van der Waals surface area (Å²) in [6, 6.07) is 1.65. The smallest absolute Gasteiger partial charge is 0.372 e. The molecule has 0 aliphatic rings. The highest BCUT2D eigenvalue weighted by Crippen LogP contribution is 2.05. The minimum atomic E-state index is -1.39. The van der Waals surface area contributed by atoms with E-state index in [1.165, 1.54) is 6.20 Å². The summed E-state index contributed by atoms with van der Waals surface area (Å²) < 4.78 is 0. The first-order chi connectivity index (χ1) is 6.11. The van der Waals surface area contributed by atoms with Crippen LogP contribution in [0.5, 0.6) is 0 Å². The Balaban J connectivity index is 2.81. The van der Waals surface area contributed by atoms with E-state index in [4.69, 9.17) is 5.11 Å². The zero-order valence-electron chi connectivity index (χ0n) is 7.15. The van der Waals surface area contributed by atoms with Crippen LogP contribution in [0.25, 0.3) is 0 Å². The number of hydrogen-bond acceptors (Lipinski definition) is 3. The quantitative estimate of drug-likeness (QED) is 0.689. The van der Waals surface area contributed by atoms with Gasteiger partial charge in [-0.3, -0.25) is 9.78 Å². The number of pyridine rings is 1. The van der Waals surface area contributed by atoms with Crippen LogP contribution in [0.1, 0.15) is 11.1 Å². The van der Waals surface area contributed by atoms with Crippen LogP contribution in [0.15, 0.2) is 18.5 Å². The van der Waals surface area contributed by atoms with Crippen molar-refractivity contribution >= 4 is 11.8 Å². The summed E-state index contributed by atoms with van der Waals surface area (Å²) in [5.74, 6) is -2.19. The van der Waals surface area contributed by atoms with Gasteiger partial charge in [-0.05, 0) is 24.1 Å². The molecule has 0 aromatic carbocycles. The molecule has 1 aromatic heterocycles. The molecule has 0 unspecified atom stereocenters. The van der Waals surface area contributed by atoms with Crippen molar-refractivity contribution in [1.82, 2.24) is 4.98 Å². The van der Waals surface area contributed by atoms with E-state index in [-0.39, 0.29) is 6.42 Å². The van der Waals surface area contributed by atoms with Gasteiger partial charge in [0.15, 0.2) is 0 Å². The highest BCUT2D eigenvalue weighted by Gasteiger charge is 2.12. The molecule has 1 heterocycles. The van der Waals surface area contributed by atoms with Crippen LogP contribution in [-0.4, -0.2) is 21.8 Å². The summed E-state index contributed by atoms with van der Waals surface area (Å²) in [6.07, 6.45) is 3.08. The fourth-order valence-electron chi connectivity index (χ4n) is 0.949. The number of aromatic nitrogens is 1. The van der Waals surface area contributed by atoms with Crippen LogP contribution >= 0.6 is 0 Å². The first-order valence-corrected chi connectivity index (χ1v) is 3.77. The highest BCUT2D eigenvalue weighted by molar-refractivity contribution is 6.33. The molecule has 4 nitrogen and oxygen atoms in total. The number of aryl methyl sites for hydroxylation is 1. The van der Waals surface area contributed by atoms with Crippen molar-refractivity contribution in [2.75, 3.05) is 0 Å². The summed E-state index contributed by atoms with van der Waals surface area (Å²) >= 11 is 0. The van der Waals surface area contributed by atoms with Crippen molar-refractivity contribution in [2.45, 2.75) is 13.3 Å². The highest BCUT2D eigenvalue weighted by atomic mass is 16.4. The fourth-order valence-corrected chi connectivity index (χ4v) is 0.949. The maximum absolute atomic E-state index is 10.8. The summed E-state index contributed by atoms with van der Waals surface area (Å²) in [5, 5.41) is 8.37. The third kappa shape index (κ3) is 2.37. The zero-order valence-corrected chi connectivity index (χ0v) is 7.15. The lowest BCUT2D eigenvalue weighted by Gasteiger charge is -2.00. The number of rotatable bonds is 3. The Morgan fingerprint density at radius 2 is 2.23 bits per heavy atom. The van der Waals surface area contributed by atoms with Crippen molar-refractivity contribution in [3.05, 3.63) is 29.6 Å². The molecule has 0 saturated carbocycles. The minimum absolute atomic E-state index is 0.0658. The molecule has 68 valence electrons. The largest absolute Gasteiger partial charge is 0.475 e. The molecular formula is C9H9NO3. The number of hydrogen-bond donors (Lipinski definition) is 1. The van der Waals surface area contributed by atoms with Crippen LogP contribution < -0.4 is 0 Å². The maximum Gasteiger partial charge on any atom is 0.372 e. The average molecular weight is 179 g/mol. The molecule has 0 aliphatic heterocycles. The predicted molar refractivity (Wildman–Crippen MR) is 45.3 cm³/mol. The number of carbonyl (C=O) groups excluding carboxylic acids is 1. The Bertz CT molecular complexity index is 346. The third-order valence-corrected chi connectivity index (χ3v) is 1.73. The van der Waals surface area contributed by atoms with Gasteiger partial charge in [-0.1, -0.05) is 0 Å². The lowest BCUT2D eigenvalue weighted by molar-refractivity contribution is -0.148. The van der Waals surface area contributed by atoms with Crippen LogP contribution in [0.2, 0.25) is 0 Å². The molecule has 0 fully saturated rings. The van der Waals surface area contributed by atoms with Crippen LogP contribution in [-0.2, 0) is 16.0 Å². The van der Waals surface area contributed by atoms with Gasteiger partial charge in [0.1, 0.15) is 0 Å². The number of Topliss-reactive ketones (excluding diaryl/α,β-unsaturated/α-hetero) is 1. The number of carboxylic acids is 1. The maximum atomic E-state index is 10.8. The van der Waals surface area contributed by atoms with Gasteiger partial charge in [-0.2, -0.15) is 0 Å². The molecule has 1 N–H and O–H groups in total. The first kappa shape index (κ1) is 9.38. The van der Waals surface area contributed by atoms with Gasteiger partial charge in [0, 0.05) is 18.8 Å². The standard InChI is InChI=1S/C9H9NO3/c1-6-5-10-3-2-7(6)4-8(11)9(12)13/h2-3,5H,4H2,1H3,(H,12,13). The SMILES string of the molecule is Cc1cnccc1CC(=O)C(=O)O. The average Bonchev–Trinajstić information content (AvgIpc) is 2.08. The molecule has 0 spiro atoms. The lowest BCUT2D eigenvalue weighted by Crippen LogP contribution is -2.15. The molecule has 1 rings (SSSR count). The van der Waals surface area contributed by atoms with Gasteiger partial charge in [0.2, 0.25) is 5.78 Å². The lowest BCUT2D eigenvalue weighted by atomic mass is 10.1. The molecule has 0 atom stereocenters. The van der Waals surface area contributed by atoms with Crippen molar-refractivity contribution in [1.29, 1.82) is 0 Å². The second-order valence-electron chi connectivity index (χ2n) is 2.71. The summed E-state index contributed by atoms with van der Waals surface area (Å²) in [4.78, 5) is 24.9. The van der Waals surface area contributed by atoms with Crippen LogP contribution in [0.4, 0.5) is 0 Å². The number of nitrogens with zero attached hydrogens (tertiary/aromatic N) is 1. The Morgan fingerprint density at radius 1 is 1.54 bits per heavy atom. The van der Waals surface area contributed by atoms with E-state index < -0.39 is 11.8 Å². The van der Waals surface area contributed by atoms with Gasteiger partial charge in [0.25, 0.3) is 0 Å². The molecule has 0 saturated heterocycles. The fraction of sp³-hybridized carbons (Fsp3) is 0.222. The Labute approximate surface area is 75.2 Å². The molecule has 4 heteroatoms. The molecular weight excluding hydrogens is 170 g/mol. The topological polar surface area (TPSA) is 67.3 Å². The molecule has 0 radical (unpaired) electrons. The van der Waals surface area contributed by atoms with Crippen molar-refractivity contribution in [2.24, 2.45) is 0 Å². The first-order valence-electron chi connectivity index (χ1n) is 3.77. The number of ketones is 1. The van der Waals surface area contributed by atoms with Crippen molar-refractivity contribution in [3.8, 4) is 0 Å². The Hall–Kier alpha value is -1.71. The van der Waals surface area contributed by atoms with E-state index in [0.29, 0.717) is 5.56 Å². The van der Waals surface area contributed by atoms with Gasteiger partial charge in [-0.15, -0.1) is 0 Å². The predicted octanol–water partition coefficient (Wildman–Crippen LogP) is 0.586. The molecule has 0 amide bonds. The normalized spacial score (nSPS) is 9.62. The van der Waals surface area contributed by atoms with E-state index in [0.717, 1.165) is 5.56 Å². The second kappa shape index (κ2) is 3.80. The van der Waals surface area contributed by atoms with Gasteiger partial charge >= 0.3 is 5.97 Å². The van der Waals surface area contributed by atoms with Crippen LogP contribution in [0, 0.1) is 6.92 Å². The zero-order chi connectivity index (χ0) is 9.84. The van der Waals surface area contributed by atoms with E-state index in [1.54, 1.807) is 19.2 Å². The summed E-state index contributed by atoms with van der Waals surface area (Å²) in [6.45, 7) is 1.79. The minimum Gasteiger partial charge on any atom is -0.475 e. The monoisotopic (exact) mass is 179 g/mol. The van der Waals surface area contributed by atoms with Gasteiger partial charge in [-0.25, -0.2) is 4.79 Å². The van der Waals surface area contributed by atoms with E-state index in [1.807, 2.05) is 0 Å². The van der Waals surface area contributed by atoms with Crippen LogP contribution in [0.3, 0.4) is 0 Å². The van der Waals surface area contributed by atoms with Gasteiger partial charge in [0.05, 0.1) is 0 Å². The molecule has 0 bridgehead atoms. The van der Waals surface area contributed by atoms with E-state index >= 15 is 0 Å². The summed E-state index contributed by atoms with van der Waals surface area (Å²) in [5.41, 5.74) is 1.54. The van der Waals surface area contributed by atoms with Gasteiger partial charge < -0.3 is 5.11 Å².